The van der Waals surface area contributed by atoms with Gasteiger partial charge in [-0.05, 0) is 37.0 Å². The zero-order chi connectivity index (χ0) is 26.1. The SMILES string of the molecule is CCCCCCCCCCc1ccc(OC(CCC)OC(=O)CC[N+](C)(C)Cc2ccccc2)cc1. The van der Waals surface area contributed by atoms with Crippen molar-refractivity contribution in [3.8, 4) is 5.75 Å². The molecule has 0 fully saturated rings. The molecular weight excluding hydrogens is 446 g/mol. The number of nitrogens with zero attached hydrogens (tertiary/aromatic N) is 1. The van der Waals surface area contributed by atoms with E-state index in [9.17, 15) is 4.79 Å². The standard InChI is InChI=1S/C32H50NO3/c1-5-7-8-9-10-11-12-14-18-28-21-23-30(24-22-28)35-32(17-6-2)36-31(34)25-26-33(3,4)27-29-19-15-13-16-20-29/h13,15-16,19-24,32H,5-12,14,17-18,25-27H2,1-4H3/q+1. The van der Waals surface area contributed by atoms with Crippen molar-refractivity contribution in [1.82, 2.24) is 0 Å². The highest BCUT2D eigenvalue weighted by Gasteiger charge is 2.21. The zero-order valence-corrected chi connectivity index (χ0v) is 23.3. The summed E-state index contributed by atoms with van der Waals surface area (Å²) in [6.45, 7) is 5.95. The van der Waals surface area contributed by atoms with Crippen molar-refractivity contribution in [2.45, 2.75) is 104 Å². The molecule has 36 heavy (non-hydrogen) atoms. The van der Waals surface area contributed by atoms with Crippen molar-refractivity contribution in [2.75, 3.05) is 20.6 Å². The first kappa shape index (κ1) is 29.9. The number of hydrogen-bond acceptors (Lipinski definition) is 3. The predicted octanol–water partition coefficient (Wildman–Crippen LogP) is 8.08. The quantitative estimate of drug-likeness (QED) is 0.0853. The molecule has 0 N–H and O–H groups in total. The number of carbonyl (C=O) groups excluding carboxylic acids is 1. The van der Waals surface area contributed by atoms with Gasteiger partial charge in [0.25, 0.3) is 0 Å². The molecule has 2 rings (SSSR count). The first-order chi connectivity index (χ1) is 17.4. The monoisotopic (exact) mass is 496 g/mol. The maximum Gasteiger partial charge on any atom is 0.314 e. The van der Waals surface area contributed by atoms with Crippen LogP contribution in [0.4, 0.5) is 0 Å². The van der Waals surface area contributed by atoms with Gasteiger partial charge in [0.2, 0.25) is 6.29 Å². The van der Waals surface area contributed by atoms with E-state index >= 15 is 0 Å². The third-order valence-corrected chi connectivity index (χ3v) is 6.67. The van der Waals surface area contributed by atoms with Gasteiger partial charge >= 0.3 is 5.97 Å². The molecular formula is C32H50NO3+. The third kappa shape index (κ3) is 13.1. The Morgan fingerprint density at radius 3 is 2.06 bits per heavy atom. The summed E-state index contributed by atoms with van der Waals surface area (Å²) >= 11 is 0. The molecule has 0 spiro atoms. The number of ether oxygens (including phenoxy) is 2. The summed E-state index contributed by atoms with van der Waals surface area (Å²) in [5.74, 6) is 0.570. The van der Waals surface area contributed by atoms with E-state index in [0.717, 1.165) is 36.2 Å². The molecule has 0 amide bonds. The molecule has 2 aromatic rings. The molecule has 0 saturated carbocycles. The molecule has 0 radical (unpaired) electrons. The van der Waals surface area contributed by atoms with E-state index in [1.54, 1.807) is 0 Å². The van der Waals surface area contributed by atoms with Gasteiger partial charge in [0.1, 0.15) is 12.3 Å². The van der Waals surface area contributed by atoms with E-state index in [0.29, 0.717) is 12.8 Å². The number of rotatable bonds is 19. The van der Waals surface area contributed by atoms with E-state index in [2.05, 4.69) is 64.3 Å². The second kappa shape index (κ2) is 17.2. The second-order valence-electron chi connectivity index (χ2n) is 10.7. The fraction of sp³-hybridized carbons (Fsp3) is 0.594. The number of carbonyl (C=O) groups is 1. The van der Waals surface area contributed by atoms with Gasteiger partial charge in [-0.25, -0.2) is 0 Å². The Hall–Kier alpha value is -2.33. The van der Waals surface area contributed by atoms with Gasteiger partial charge in [-0.15, -0.1) is 0 Å². The first-order valence-corrected chi connectivity index (χ1v) is 14.2. The molecule has 4 nitrogen and oxygen atoms in total. The summed E-state index contributed by atoms with van der Waals surface area (Å²) in [5.41, 5.74) is 2.62. The molecule has 4 heteroatoms. The summed E-state index contributed by atoms with van der Waals surface area (Å²) < 4.78 is 12.5. The van der Waals surface area contributed by atoms with Crippen molar-refractivity contribution in [3.05, 3.63) is 65.7 Å². The molecule has 0 bridgehead atoms. The summed E-state index contributed by atoms with van der Waals surface area (Å²) in [6, 6.07) is 18.7. The Bertz CT molecular complexity index is 832. The van der Waals surface area contributed by atoms with E-state index < -0.39 is 6.29 Å². The van der Waals surface area contributed by atoms with Crippen LogP contribution in [0.15, 0.2) is 54.6 Å². The van der Waals surface area contributed by atoms with Crippen LogP contribution in [0.1, 0.15) is 95.6 Å². The molecule has 0 saturated heterocycles. The number of benzene rings is 2. The van der Waals surface area contributed by atoms with Gasteiger partial charge in [0.15, 0.2) is 0 Å². The van der Waals surface area contributed by atoms with Gasteiger partial charge in [-0.3, -0.25) is 4.79 Å². The van der Waals surface area contributed by atoms with Crippen LogP contribution in [-0.4, -0.2) is 37.4 Å². The minimum atomic E-state index is -0.536. The molecule has 1 atom stereocenters. The minimum Gasteiger partial charge on any atom is -0.455 e. The topological polar surface area (TPSA) is 35.5 Å². The Kier molecular flexibility index (Phi) is 14.3. The smallest absolute Gasteiger partial charge is 0.314 e. The van der Waals surface area contributed by atoms with E-state index in [1.807, 2.05) is 18.2 Å². The number of esters is 1. The van der Waals surface area contributed by atoms with Crippen molar-refractivity contribution < 1.29 is 18.8 Å². The summed E-state index contributed by atoms with van der Waals surface area (Å²) in [6.07, 6.45) is 13.2. The Labute approximate surface area is 220 Å². The van der Waals surface area contributed by atoms with Gasteiger partial charge in [0.05, 0.1) is 27.1 Å². The molecule has 0 aliphatic heterocycles. The summed E-state index contributed by atoms with van der Waals surface area (Å²) in [7, 11) is 4.30. The van der Waals surface area contributed by atoms with Crippen LogP contribution >= 0.6 is 0 Å². The number of quaternary nitrogens is 1. The van der Waals surface area contributed by atoms with E-state index in [-0.39, 0.29) is 5.97 Å². The first-order valence-electron chi connectivity index (χ1n) is 14.2. The number of hydrogen-bond donors (Lipinski definition) is 0. The van der Waals surface area contributed by atoms with Crippen LogP contribution in [0.2, 0.25) is 0 Å². The predicted molar refractivity (Wildman–Crippen MR) is 150 cm³/mol. The van der Waals surface area contributed by atoms with E-state index in [1.165, 1.54) is 62.5 Å². The lowest BCUT2D eigenvalue weighted by molar-refractivity contribution is -0.903. The van der Waals surface area contributed by atoms with Crippen molar-refractivity contribution >= 4 is 5.97 Å². The summed E-state index contributed by atoms with van der Waals surface area (Å²) in [4.78, 5) is 12.6. The van der Waals surface area contributed by atoms with Crippen LogP contribution in [0.3, 0.4) is 0 Å². The molecule has 1 unspecified atom stereocenters. The van der Waals surface area contributed by atoms with Crippen molar-refractivity contribution in [3.63, 3.8) is 0 Å². The van der Waals surface area contributed by atoms with E-state index in [4.69, 9.17) is 9.47 Å². The average Bonchev–Trinajstić information content (AvgIpc) is 2.86. The Morgan fingerprint density at radius 1 is 0.778 bits per heavy atom. The molecule has 0 aliphatic rings. The van der Waals surface area contributed by atoms with Gasteiger partial charge in [-0.1, -0.05) is 101 Å². The molecule has 0 aromatic heterocycles. The lowest BCUT2D eigenvalue weighted by Crippen LogP contribution is -2.41. The highest BCUT2D eigenvalue weighted by atomic mass is 16.7. The molecule has 0 heterocycles. The number of aryl methyl sites for hydroxylation is 1. The highest BCUT2D eigenvalue weighted by Crippen LogP contribution is 2.19. The Balaban J connectivity index is 1.72. The van der Waals surface area contributed by atoms with Crippen LogP contribution < -0.4 is 4.74 Å². The normalized spacial score (nSPS) is 12.3. The largest absolute Gasteiger partial charge is 0.455 e. The third-order valence-electron chi connectivity index (χ3n) is 6.67. The van der Waals surface area contributed by atoms with Crippen LogP contribution in [0.5, 0.6) is 5.75 Å². The fourth-order valence-corrected chi connectivity index (χ4v) is 4.48. The maximum absolute atomic E-state index is 12.6. The lowest BCUT2D eigenvalue weighted by Gasteiger charge is -2.30. The average molecular weight is 497 g/mol. The molecule has 200 valence electrons. The van der Waals surface area contributed by atoms with Gasteiger partial charge < -0.3 is 14.0 Å². The summed E-state index contributed by atoms with van der Waals surface area (Å²) in [5, 5.41) is 0. The fourth-order valence-electron chi connectivity index (χ4n) is 4.48. The van der Waals surface area contributed by atoms with Gasteiger partial charge in [0, 0.05) is 12.0 Å². The lowest BCUT2D eigenvalue weighted by atomic mass is 10.0. The molecule has 2 aromatic carbocycles. The Morgan fingerprint density at radius 2 is 1.42 bits per heavy atom. The zero-order valence-electron chi connectivity index (χ0n) is 23.3. The second-order valence-corrected chi connectivity index (χ2v) is 10.7. The number of unbranched alkanes of at least 4 members (excludes halogenated alkanes) is 7. The highest BCUT2D eigenvalue weighted by molar-refractivity contribution is 5.69. The molecule has 0 aliphatic carbocycles. The minimum absolute atomic E-state index is 0.195. The van der Waals surface area contributed by atoms with Gasteiger partial charge in [-0.2, -0.15) is 0 Å². The maximum atomic E-state index is 12.6. The van der Waals surface area contributed by atoms with Crippen molar-refractivity contribution in [1.29, 1.82) is 0 Å². The van der Waals surface area contributed by atoms with Crippen LogP contribution in [-0.2, 0) is 22.5 Å². The van der Waals surface area contributed by atoms with Crippen LogP contribution in [0, 0.1) is 0 Å². The van der Waals surface area contributed by atoms with Crippen LogP contribution in [0.25, 0.3) is 0 Å². The van der Waals surface area contributed by atoms with Crippen molar-refractivity contribution in [2.24, 2.45) is 0 Å².